The monoisotopic (exact) mass is 887 g/mol. The number of pyridine rings is 1. The van der Waals surface area contributed by atoms with E-state index >= 15 is 4.57 Å². The number of benzene rings is 10. The number of nitrogens with zero attached hydrogens (tertiary/aromatic N) is 3. The fourth-order valence-corrected chi connectivity index (χ4v) is 12.2. The van der Waals surface area contributed by atoms with Crippen LogP contribution in [0, 0.1) is 0 Å². The van der Waals surface area contributed by atoms with Crippen LogP contribution in [0.5, 0.6) is 0 Å². The summed E-state index contributed by atoms with van der Waals surface area (Å²) in [7, 11) is -3.16. The summed E-state index contributed by atoms with van der Waals surface area (Å²) in [5, 5.41) is 8.02. The first-order valence-corrected chi connectivity index (χ1v) is 24.6. The van der Waals surface area contributed by atoms with E-state index < -0.39 is 7.14 Å². The Hall–Kier alpha value is -8.56. The molecule has 320 valence electrons. The van der Waals surface area contributed by atoms with Crippen molar-refractivity contribution in [3.63, 3.8) is 0 Å². The lowest BCUT2D eigenvalue weighted by Gasteiger charge is -2.20. The third kappa shape index (κ3) is 7.38. The van der Waals surface area contributed by atoms with Crippen molar-refractivity contribution in [1.29, 1.82) is 0 Å². The summed E-state index contributed by atoms with van der Waals surface area (Å²) in [6, 6.07) is 87.3. The molecule has 0 saturated carbocycles. The van der Waals surface area contributed by atoms with Crippen molar-refractivity contribution in [1.82, 2.24) is 15.0 Å². The van der Waals surface area contributed by atoms with E-state index in [1.54, 1.807) is 0 Å². The van der Waals surface area contributed by atoms with Crippen LogP contribution in [0.15, 0.2) is 255 Å². The fraction of sp³-hybridized carbons (Fsp3) is 0. The number of hydrogen-bond acceptors (Lipinski definition) is 4. The lowest BCUT2D eigenvalue weighted by molar-refractivity contribution is 0.592. The minimum absolute atomic E-state index is 0.679. The molecule has 12 rings (SSSR count). The SMILES string of the molecule is O=P(c1ccccc1)(c1ccccc1)c1ccc(-c2nc3ccccc3c3c2cc(-c2ccc(-c4cc(-c5ccc(-c6ccccc6)cc5)nc(-c5ccccc5)n4)cc2)c2ccccc23)cc1. The fourth-order valence-electron chi connectivity index (χ4n) is 9.57. The molecule has 5 heteroatoms. The molecular weight excluding hydrogens is 846 g/mol. The molecule has 2 heterocycles. The van der Waals surface area contributed by atoms with Crippen LogP contribution < -0.4 is 15.9 Å². The summed E-state index contributed by atoms with van der Waals surface area (Å²) >= 11 is 0. The summed E-state index contributed by atoms with van der Waals surface area (Å²) in [4.78, 5) is 15.6. The average molecular weight is 888 g/mol. The van der Waals surface area contributed by atoms with Crippen LogP contribution in [-0.4, -0.2) is 15.0 Å². The van der Waals surface area contributed by atoms with Gasteiger partial charge >= 0.3 is 0 Å². The molecule has 0 spiro atoms. The Kier molecular flexibility index (Phi) is 10.4. The second-order valence-electron chi connectivity index (χ2n) is 17.0. The van der Waals surface area contributed by atoms with E-state index in [2.05, 4.69) is 152 Å². The van der Waals surface area contributed by atoms with Crippen LogP contribution in [0.3, 0.4) is 0 Å². The van der Waals surface area contributed by atoms with E-state index in [4.69, 9.17) is 15.0 Å². The van der Waals surface area contributed by atoms with E-state index in [1.807, 2.05) is 103 Å². The lowest BCUT2D eigenvalue weighted by Crippen LogP contribution is -2.24. The van der Waals surface area contributed by atoms with E-state index in [1.165, 1.54) is 5.56 Å². The van der Waals surface area contributed by atoms with E-state index in [-0.39, 0.29) is 0 Å². The summed E-state index contributed by atoms with van der Waals surface area (Å²) < 4.78 is 15.3. The zero-order chi connectivity index (χ0) is 45.4. The Labute approximate surface area is 395 Å². The van der Waals surface area contributed by atoms with Crippen LogP contribution in [0.4, 0.5) is 0 Å². The molecule has 10 aromatic carbocycles. The van der Waals surface area contributed by atoms with Gasteiger partial charge in [-0.25, -0.2) is 15.0 Å². The zero-order valence-electron chi connectivity index (χ0n) is 36.9. The number of rotatable bonds is 9. The van der Waals surface area contributed by atoms with Crippen LogP contribution in [-0.2, 0) is 4.57 Å². The van der Waals surface area contributed by atoms with Gasteiger partial charge in [0.25, 0.3) is 0 Å². The number of aromatic nitrogens is 3. The van der Waals surface area contributed by atoms with Crippen molar-refractivity contribution in [3.05, 3.63) is 255 Å². The summed E-state index contributed by atoms with van der Waals surface area (Å²) in [5.41, 5.74) is 12.0. The van der Waals surface area contributed by atoms with Crippen LogP contribution in [0.2, 0.25) is 0 Å². The van der Waals surface area contributed by atoms with Gasteiger partial charge in [0.2, 0.25) is 0 Å². The molecule has 0 unspecified atom stereocenters. The first kappa shape index (κ1) is 40.9. The molecular formula is C63H42N3OP. The Bertz CT molecular complexity index is 3780. The Morgan fingerprint density at radius 1 is 0.294 bits per heavy atom. The van der Waals surface area contributed by atoms with Crippen LogP contribution in [0.1, 0.15) is 0 Å². The Balaban J connectivity index is 0.976. The maximum absolute atomic E-state index is 15.3. The highest BCUT2D eigenvalue weighted by molar-refractivity contribution is 7.85. The molecule has 0 saturated heterocycles. The second kappa shape index (κ2) is 17.3. The highest BCUT2D eigenvalue weighted by Gasteiger charge is 2.30. The highest BCUT2D eigenvalue weighted by Crippen LogP contribution is 2.45. The van der Waals surface area contributed by atoms with Gasteiger partial charge in [0.05, 0.1) is 22.6 Å². The molecule has 0 aliphatic rings. The lowest BCUT2D eigenvalue weighted by atomic mass is 9.89. The standard InChI is InChI=1S/C63H42N3OP/c67-68(50-21-9-3-10-22-50,51-23-11-4-12-24-51)52-39-37-48(38-40-52)62-57-41-56(53-25-13-14-26-54(53)61(57)55-27-15-16-28-58(55)64-62)45-31-35-47(36-32-45)60-42-59(65-63(66-60)49-19-7-2-8-20-49)46-33-29-44(30-34-46)43-17-5-1-6-18-43/h1-42H. The maximum Gasteiger partial charge on any atom is 0.171 e. The van der Waals surface area contributed by atoms with Crippen molar-refractivity contribution in [2.24, 2.45) is 0 Å². The average Bonchev–Trinajstić information content (AvgIpc) is 3.43. The molecule has 0 radical (unpaired) electrons. The van der Waals surface area contributed by atoms with E-state index in [0.29, 0.717) is 5.82 Å². The van der Waals surface area contributed by atoms with Crippen LogP contribution in [0.25, 0.3) is 99.9 Å². The molecule has 0 aliphatic carbocycles. The largest absolute Gasteiger partial charge is 0.309 e. The minimum Gasteiger partial charge on any atom is -0.309 e. The summed E-state index contributed by atoms with van der Waals surface area (Å²) in [6.07, 6.45) is 0. The quantitative estimate of drug-likeness (QED) is 0.107. The third-order valence-electron chi connectivity index (χ3n) is 13.0. The van der Waals surface area contributed by atoms with E-state index in [0.717, 1.165) is 104 Å². The summed E-state index contributed by atoms with van der Waals surface area (Å²) in [6.45, 7) is 0. The first-order valence-electron chi connectivity index (χ1n) is 22.9. The second-order valence-corrected chi connectivity index (χ2v) is 19.8. The number of para-hydroxylation sites is 1. The normalized spacial score (nSPS) is 11.6. The van der Waals surface area contributed by atoms with Gasteiger partial charge in [-0.15, -0.1) is 0 Å². The van der Waals surface area contributed by atoms with Crippen molar-refractivity contribution in [2.75, 3.05) is 0 Å². The molecule has 4 nitrogen and oxygen atoms in total. The summed E-state index contributed by atoms with van der Waals surface area (Å²) in [5.74, 6) is 0.679. The van der Waals surface area contributed by atoms with Gasteiger partial charge < -0.3 is 4.57 Å². The molecule has 2 aromatic heterocycles. The van der Waals surface area contributed by atoms with Gasteiger partial charge in [-0.2, -0.15) is 0 Å². The molecule has 0 atom stereocenters. The predicted molar refractivity (Wildman–Crippen MR) is 284 cm³/mol. The van der Waals surface area contributed by atoms with E-state index in [9.17, 15) is 0 Å². The molecule has 0 aliphatic heterocycles. The van der Waals surface area contributed by atoms with Gasteiger partial charge in [-0.3, -0.25) is 0 Å². The van der Waals surface area contributed by atoms with Crippen molar-refractivity contribution in [3.8, 4) is 67.4 Å². The van der Waals surface area contributed by atoms with Gasteiger partial charge in [-0.05, 0) is 51.2 Å². The Morgan fingerprint density at radius 2 is 0.721 bits per heavy atom. The number of fused-ring (bicyclic) bond motifs is 5. The van der Waals surface area contributed by atoms with Gasteiger partial charge in [0.1, 0.15) is 0 Å². The topological polar surface area (TPSA) is 55.7 Å². The maximum atomic E-state index is 15.3. The minimum atomic E-state index is -3.16. The van der Waals surface area contributed by atoms with Gasteiger partial charge in [0.15, 0.2) is 13.0 Å². The van der Waals surface area contributed by atoms with Gasteiger partial charge in [-0.1, -0.05) is 237 Å². The molecule has 0 amide bonds. The molecule has 0 fully saturated rings. The molecule has 68 heavy (non-hydrogen) atoms. The van der Waals surface area contributed by atoms with Crippen molar-refractivity contribution >= 4 is 55.5 Å². The van der Waals surface area contributed by atoms with Crippen molar-refractivity contribution < 1.29 is 4.57 Å². The smallest absolute Gasteiger partial charge is 0.171 e. The van der Waals surface area contributed by atoms with Gasteiger partial charge in [0, 0.05) is 54.3 Å². The molecule has 0 N–H and O–H groups in total. The zero-order valence-corrected chi connectivity index (χ0v) is 37.8. The number of hydrogen-bond donors (Lipinski definition) is 0. The Morgan fingerprint density at radius 3 is 1.31 bits per heavy atom. The predicted octanol–water partition coefficient (Wildman–Crippen LogP) is 15.0. The highest BCUT2D eigenvalue weighted by atomic mass is 31.2. The molecule has 0 bridgehead atoms. The van der Waals surface area contributed by atoms with Crippen LogP contribution >= 0.6 is 7.14 Å². The van der Waals surface area contributed by atoms with Crippen molar-refractivity contribution in [2.45, 2.75) is 0 Å². The third-order valence-corrected chi connectivity index (χ3v) is 16.1. The molecule has 12 aromatic rings. The first-order chi connectivity index (χ1) is 33.6.